The van der Waals surface area contributed by atoms with Crippen molar-refractivity contribution >= 4 is 5.97 Å². The number of nitrogens with zero attached hydrogens (tertiary/aromatic N) is 1. The lowest BCUT2D eigenvalue weighted by Gasteiger charge is -2.40. The van der Waals surface area contributed by atoms with E-state index in [2.05, 4.69) is 0 Å². The number of rotatable bonds is 5. The van der Waals surface area contributed by atoms with Crippen LogP contribution in [0.3, 0.4) is 0 Å². The lowest BCUT2D eigenvalue weighted by Crippen LogP contribution is -2.57. The van der Waals surface area contributed by atoms with E-state index in [4.69, 9.17) is 14.9 Å². The third kappa shape index (κ3) is 4.57. The Morgan fingerprint density at radius 3 is 2.33 bits per heavy atom. The van der Waals surface area contributed by atoms with Gasteiger partial charge >= 0.3 is 5.97 Å². The van der Waals surface area contributed by atoms with E-state index in [1.165, 1.54) is 0 Å². The van der Waals surface area contributed by atoms with E-state index in [9.17, 15) is 4.79 Å². The zero-order valence-electron chi connectivity index (χ0n) is 8.76. The zero-order chi connectivity index (χ0) is 10.4. The second kappa shape index (κ2) is 6.73. The van der Waals surface area contributed by atoms with Crippen LogP contribution in [0.2, 0.25) is 0 Å². The van der Waals surface area contributed by atoms with Gasteiger partial charge in [-0.25, -0.2) is 0 Å². The number of morpholine rings is 1. The Morgan fingerprint density at radius 2 is 1.87 bits per heavy atom. The summed E-state index contributed by atoms with van der Waals surface area (Å²) in [7, 11) is 0. The maximum Gasteiger partial charge on any atom is 0.309 e. The van der Waals surface area contributed by atoms with Crippen LogP contribution in [0.15, 0.2) is 0 Å². The van der Waals surface area contributed by atoms with Crippen LogP contribution in [0.1, 0.15) is 6.42 Å². The molecule has 1 heterocycles. The van der Waals surface area contributed by atoms with E-state index in [1.54, 1.807) is 0 Å². The average Bonchev–Trinajstić information content (AvgIpc) is 2.17. The third-order valence-corrected chi connectivity index (χ3v) is 2.79. The molecule has 0 bridgehead atoms. The number of carbonyl (C=O) groups is 1. The highest BCUT2D eigenvalue weighted by molar-refractivity contribution is 5.66. The molecule has 0 amide bonds. The summed E-state index contributed by atoms with van der Waals surface area (Å²) in [6.07, 6.45) is 0.167. The number of aliphatic hydroxyl groups is 1. The fraction of sp³-hybridized carbons (Fsp3) is 0.889. The van der Waals surface area contributed by atoms with Crippen molar-refractivity contribution in [1.82, 2.24) is 0 Å². The summed E-state index contributed by atoms with van der Waals surface area (Å²) < 4.78 is 5.92. The van der Waals surface area contributed by atoms with Crippen molar-refractivity contribution in [2.24, 2.45) is 0 Å². The van der Waals surface area contributed by atoms with E-state index in [0.29, 0.717) is 30.8 Å². The van der Waals surface area contributed by atoms with Crippen molar-refractivity contribution in [2.75, 3.05) is 46.0 Å². The summed E-state index contributed by atoms with van der Waals surface area (Å²) in [5.74, 6) is -0.771. The molecule has 0 unspecified atom stereocenters. The van der Waals surface area contributed by atoms with Gasteiger partial charge < -0.3 is 24.9 Å². The molecule has 0 radical (unpaired) electrons. The van der Waals surface area contributed by atoms with E-state index >= 15 is 0 Å². The molecule has 0 saturated carbocycles. The molecule has 90 valence electrons. The molecule has 0 spiro atoms. The largest absolute Gasteiger partial charge is 0.870 e. The molecule has 0 atom stereocenters. The predicted octanol–water partition coefficient (Wildman–Crippen LogP) is -0.876. The Morgan fingerprint density at radius 1 is 1.27 bits per heavy atom. The lowest BCUT2D eigenvalue weighted by atomic mass is 10.2. The SMILES string of the molecule is O=C(O)CC[N+]1(CCO)CCOCC1.[OH-]. The summed E-state index contributed by atoms with van der Waals surface area (Å²) in [5.41, 5.74) is 0. The minimum Gasteiger partial charge on any atom is -0.870 e. The van der Waals surface area contributed by atoms with Gasteiger partial charge in [0.15, 0.2) is 0 Å². The topological polar surface area (TPSA) is 96.8 Å². The van der Waals surface area contributed by atoms with Gasteiger partial charge in [0, 0.05) is 0 Å². The molecule has 0 aromatic rings. The molecule has 1 saturated heterocycles. The Balaban J connectivity index is 0.00000196. The molecule has 1 aliphatic heterocycles. The van der Waals surface area contributed by atoms with E-state index in [-0.39, 0.29) is 18.5 Å². The number of aliphatic carboxylic acids is 1. The molecular weight excluding hydrogens is 202 g/mol. The van der Waals surface area contributed by atoms with Crippen molar-refractivity contribution in [3.05, 3.63) is 0 Å². The van der Waals surface area contributed by atoms with Crippen LogP contribution in [-0.4, -0.2) is 72.1 Å². The number of ether oxygens (including phenoxy) is 1. The highest BCUT2D eigenvalue weighted by atomic mass is 16.5. The summed E-state index contributed by atoms with van der Waals surface area (Å²) >= 11 is 0. The van der Waals surface area contributed by atoms with E-state index < -0.39 is 5.97 Å². The molecule has 0 aromatic carbocycles. The molecule has 1 fully saturated rings. The Hall–Kier alpha value is -0.690. The summed E-state index contributed by atoms with van der Waals surface area (Å²) in [6, 6.07) is 0. The first-order valence-electron chi connectivity index (χ1n) is 4.94. The van der Waals surface area contributed by atoms with Gasteiger partial charge in [-0.1, -0.05) is 0 Å². The van der Waals surface area contributed by atoms with Gasteiger partial charge in [-0.15, -0.1) is 0 Å². The number of carboxylic acid groups (broad SMARTS) is 1. The fourth-order valence-electron chi connectivity index (χ4n) is 1.83. The molecule has 6 nitrogen and oxygen atoms in total. The van der Waals surface area contributed by atoms with Crippen molar-refractivity contribution in [2.45, 2.75) is 6.42 Å². The molecule has 3 N–H and O–H groups in total. The second-order valence-electron chi connectivity index (χ2n) is 3.72. The molecule has 1 aliphatic rings. The smallest absolute Gasteiger partial charge is 0.309 e. The van der Waals surface area contributed by atoms with Gasteiger partial charge in [0.2, 0.25) is 0 Å². The number of hydrogen-bond acceptors (Lipinski definition) is 4. The highest BCUT2D eigenvalue weighted by Crippen LogP contribution is 2.11. The Bertz CT molecular complexity index is 185. The molecule has 0 aliphatic carbocycles. The minimum absolute atomic E-state index is 0. The summed E-state index contributed by atoms with van der Waals surface area (Å²) in [6.45, 7) is 4.30. The van der Waals surface area contributed by atoms with Crippen molar-refractivity contribution in [3.63, 3.8) is 0 Å². The quantitative estimate of drug-likeness (QED) is 0.588. The van der Waals surface area contributed by atoms with Crippen LogP contribution in [0.4, 0.5) is 0 Å². The van der Waals surface area contributed by atoms with Crippen molar-refractivity contribution in [3.8, 4) is 0 Å². The fourth-order valence-corrected chi connectivity index (χ4v) is 1.83. The van der Waals surface area contributed by atoms with Gasteiger partial charge in [0.25, 0.3) is 0 Å². The van der Waals surface area contributed by atoms with Gasteiger partial charge in [0.05, 0.1) is 32.8 Å². The van der Waals surface area contributed by atoms with Crippen LogP contribution < -0.4 is 0 Å². The van der Waals surface area contributed by atoms with Crippen LogP contribution in [0, 0.1) is 0 Å². The normalized spacial score (nSPS) is 19.3. The standard InChI is InChI=1S/C9H17NO4.H2O/c11-6-3-10(2-1-9(12)13)4-7-14-8-5-10;/h11H,1-8H2;1H2. The maximum absolute atomic E-state index is 10.5. The lowest BCUT2D eigenvalue weighted by molar-refractivity contribution is -0.934. The van der Waals surface area contributed by atoms with Crippen LogP contribution >= 0.6 is 0 Å². The van der Waals surface area contributed by atoms with Gasteiger partial charge in [-0.2, -0.15) is 0 Å². The highest BCUT2D eigenvalue weighted by Gasteiger charge is 2.30. The average molecular weight is 221 g/mol. The number of aliphatic hydroxyl groups excluding tert-OH is 1. The predicted molar refractivity (Wildman–Crippen MR) is 51.8 cm³/mol. The van der Waals surface area contributed by atoms with Gasteiger partial charge in [0.1, 0.15) is 19.6 Å². The maximum atomic E-state index is 10.5. The molecular formula is C9H19NO5. The number of carboxylic acids is 1. The summed E-state index contributed by atoms with van der Waals surface area (Å²) in [5, 5.41) is 17.6. The minimum atomic E-state index is -0.771. The van der Waals surface area contributed by atoms with Crippen LogP contribution in [0.25, 0.3) is 0 Å². The molecule has 1 rings (SSSR count). The Kier molecular flexibility index (Phi) is 6.42. The van der Waals surface area contributed by atoms with Gasteiger partial charge in [-0.05, 0) is 0 Å². The van der Waals surface area contributed by atoms with Crippen LogP contribution in [0.5, 0.6) is 0 Å². The number of quaternary nitrogens is 1. The van der Waals surface area contributed by atoms with Crippen LogP contribution in [-0.2, 0) is 9.53 Å². The summed E-state index contributed by atoms with van der Waals surface area (Å²) in [4.78, 5) is 10.5. The van der Waals surface area contributed by atoms with E-state index in [1.807, 2.05) is 0 Å². The zero-order valence-corrected chi connectivity index (χ0v) is 8.76. The first-order chi connectivity index (χ1) is 6.68. The Labute approximate surface area is 89.0 Å². The first kappa shape index (κ1) is 14.3. The van der Waals surface area contributed by atoms with Gasteiger partial charge in [-0.3, -0.25) is 4.79 Å². The molecule has 15 heavy (non-hydrogen) atoms. The molecule has 0 aromatic heterocycles. The van der Waals surface area contributed by atoms with E-state index in [0.717, 1.165) is 13.1 Å². The van der Waals surface area contributed by atoms with Crippen molar-refractivity contribution in [1.29, 1.82) is 0 Å². The second-order valence-corrected chi connectivity index (χ2v) is 3.72. The number of hydrogen-bond donors (Lipinski definition) is 2. The van der Waals surface area contributed by atoms with Crippen molar-refractivity contribution < 1.29 is 29.7 Å². The molecule has 6 heteroatoms. The third-order valence-electron chi connectivity index (χ3n) is 2.79. The first-order valence-corrected chi connectivity index (χ1v) is 4.94. The monoisotopic (exact) mass is 221 g/mol.